The third-order valence-electron chi connectivity index (χ3n) is 7.44. The zero-order valence-corrected chi connectivity index (χ0v) is 22.1. The van der Waals surface area contributed by atoms with Crippen LogP contribution in [0.4, 0.5) is 22.9 Å². The molecule has 190 valence electrons. The van der Waals surface area contributed by atoms with Crippen molar-refractivity contribution >= 4 is 34.6 Å². The summed E-state index contributed by atoms with van der Waals surface area (Å²) in [6, 6.07) is 35.3. The molecule has 39 heavy (non-hydrogen) atoms. The zero-order valence-electron chi connectivity index (χ0n) is 22.1. The van der Waals surface area contributed by atoms with Crippen molar-refractivity contribution in [3.8, 4) is 5.69 Å². The average Bonchev–Trinajstić information content (AvgIpc) is 3.29. The number of aromatic nitrogens is 2. The first kappa shape index (κ1) is 23.2. The molecule has 4 aromatic carbocycles. The van der Waals surface area contributed by atoms with Gasteiger partial charge in [0.2, 0.25) is 0 Å². The summed E-state index contributed by atoms with van der Waals surface area (Å²) in [4.78, 5) is 12.7. The summed E-state index contributed by atoms with van der Waals surface area (Å²) in [5.74, 6) is 2.31. The molecule has 0 amide bonds. The number of anilines is 2. The summed E-state index contributed by atoms with van der Waals surface area (Å²) in [6.07, 6.45) is 0. The quantitative estimate of drug-likeness (QED) is 0.273. The third-order valence-corrected chi connectivity index (χ3v) is 7.44. The lowest BCUT2D eigenvalue weighted by atomic mass is 9.90. The molecule has 0 spiro atoms. The molecule has 2 aliphatic rings. The van der Waals surface area contributed by atoms with Crippen LogP contribution in [0.5, 0.6) is 0 Å². The number of nitrogens with one attached hydrogen (secondary N) is 1. The van der Waals surface area contributed by atoms with E-state index in [1.54, 1.807) is 0 Å². The van der Waals surface area contributed by atoms with E-state index in [0.717, 1.165) is 45.7 Å². The van der Waals surface area contributed by atoms with E-state index in [-0.39, 0.29) is 6.04 Å². The van der Waals surface area contributed by atoms with Gasteiger partial charge < -0.3 is 10.2 Å². The topological polar surface area (TPSA) is 57.8 Å². The summed E-state index contributed by atoms with van der Waals surface area (Å²) in [5, 5.41) is 8.60. The van der Waals surface area contributed by atoms with Gasteiger partial charge in [0.05, 0.1) is 28.8 Å². The fraction of sp³-hybridized carbons (Fsp3) is 0.121. The lowest BCUT2D eigenvalue weighted by Gasteiger charge is -2.41. The van der Waals surface area contributed by atoms with E-state index < -0.39 is 0 Å². The summed E-state index contributed by atoms with van der Waals surface area (Å²) in [6.45, 7) is 6.35. The van der Waals surface area contributed by atoms with Gasteiger partial charge in [-0.3, -0.25) is 0 Å². The van der Waals surface area contributed by atoms with Gasteiger partial charge in [0.1, 0.15) is 0 Å². The first-order chi connectivity index (χ1) is 19.1. The van der Waals surface area contributed by atoms with E-state index in [0.29, 0.717) is 5.84 Å². The molecule has 6 nitrogen and oxygen atoms in total. The van der Waals surface area contributed by atoms with Gasteiger partial charge in [-0.1, -0.05) is 72.3 Å². The monoisotopic (exact) mass is 508 g/mol. The second-order valence-electron chi connectivity index (χ2n) is 10.1. The van der Waals surface area contributed by atoms with Gasteiger partial charge in [0.15, 0.2) is 17.5 Å². The van der Waals surface area contributed by atoms with Crippen LogP contribution in [0.3, 0.4) is 0 Å². The number of nitrogens with zero attached hydrogens (tertiary/aromatic N) is 5. The number of para-hydroxylation sites is 3. The molecule has 0 saturated heterocycles. The Morgan fingerprint density at radius 1 is 0.718 bits per heavy atom. The number of aryl methyl sites for hydroxylation is 3. The summed E-state index contributed by atoms with van der Waals surface area (Å²) in [7, 11) is 0. The van der Waals surface area contributed by atoms with Crippen LogP contribution in [-0.2, 0) is 0 Å². The largest absolute Gasteiger partial charge is 0.337 e. The Morgan fingerprint density at radius 2 is 1.44 bits per heavy atom. The third kappa shape index (κ3) is 3.84. The predicted octanol–water partition coefficient (Wildman–Crippen LogP) is 7.59. The minimum absolute atomic E-state index is 0.128. The normalized spacial score (nSPS) is 15.6. The van der Waals surface area contributed by atoms with Gasteiger partial charge in [-0.2, -0.15) is 5.10 Å². The maximum Gasteiger partial charge on any atom is 0.179 e. The Morgan fingerprint density at radius 3 is 2.23 bits per heavy atom. The van der Waals surface area contributed by atoms with Crippen LogP contribution in [0.1, 0.15) is 34.0 Å². The highest BCUT2D eigenvalue weighted by Crippen LogP contribution is 2.48. The maximum atomic E-state index is 5.32. The van der Waals surface area contributed by atoms with Crippen molar-refractivity contribution in [2.45, 2.75) is 26.8 Å². The smallest absolute Gasteiger partial charge is 0.179 e. The SMILES string of the molecule is Cc1ccc(-n2nc(C)c3c2N=C2C(Nc4ccccc4)=Nc4ccccc4N2[C@@H]3c2ccccc2C)cc1. The van der Waals surface area contributed by atoms with Crippen molar-refractivity contribution in [1.82, 2.24) is 9.78 Å². The van der Waals surface area contributed by atoms with E-state index in [1.807, 2.05) is 41.1 Å². The lowest BCUT2D eigenvalue weighted by Crippen LogP contribution is -2.46. The van der Waals surface area contributed by atoms with Crippen LogP contribution in [0.15, 0.2) is 113 Å². The molecule has 0 radical (unpaired) electrons. The van der Waals surface area contributed by atoms with Gasteiger partial charge in [0, 0.05) is 11.3 Å². The summed E-state index contributed by atoms with van der Waals surface area (Å²) >= 11 is 0. The van der Waals surface area contributed by atoms with E-state index in [9.17, 15) is 0 Å². The van der Waals surface area contributed by atoms with E-state index in [1.165, 1.54) is 16.7 Å². The van der Waals surface area contributed by atoms with Crippen molar-refractivity contribution in [1.29, 1.82) is 0 Å². The van der Waals surface area contributed by atoms with Gasteiger partial charge in [0.25, 0.3) is 0 Å². The lowest BCUT2D eigenvalue weighted by molar-refractivity contribution is 0.809. The van der Waals surface area contributed by atoms with Crippen molar-refractivity contribution in [3.63, 3.8) is 0 Å². The van der Waals surface area contributed by atoms with Gasteiger partial charge >= 0.3 is 0 Å². The molecular weight excluding hydrogens is 480 g/mol. The fourth-order valence-electron chi connectivity index (χ4n) is 5.51. The van der Waals surface area contributed by atoms with E-state index >= 15 is 0 Å². The number of amidine groups is 2. The number of rotatable bonds is 3. The summed E-state index contributed by atoms with van der Waals surface area (Å²) in [5.41, 5.74) is 9.57. The first-order valence-electron chi connectivity index (χ1n) is 13.2. The zero-order chi connectivity index (χ0) is 26.5. The molecule has 5 aromatic rings. The van der Waals surface area contributed by atoms with Crippen LogP contribution >= 0.6 is 0 Å². The minimum atomic E-state index is -0.128. The van der Waals surface area contributed by atoms with Crippen molar-refractivity contribution in [3.05, 3.63) is 131 Å². The van der Waals surface area contributed by atoms with Gasteiger partial charge in [-0.05, 0) is 68.3 Å². The molecule has 0 bridgehead atoms. The second kappa shape index (κ2) is 9.10. The fourth-order valence-corrected chi connectivity index (χ4v) is 5.51. The molecule has 0 aliphatic carbocycles. The highest BCUT2D eigenvalue weighted by Gasteiger charge is 2.41. The van der Waals surface area contributed by atoms with Crippen LogP contribution in [0.25, 0.3) is 5.69 Å². The van der Waals surface area contributed by atoms with Crippen molar-refractivity contribution in [2.24, 2.45) is 9.98 Å². The Hall–Kier alpha value is -4.97. The Labute approximate surface area is 228 Å². The molecule has 1 aromatic heterocycles. The maximum absolute atomic E-state index is 5.32. The van der Waals surface area contributed by atoms with Crippen LogP contribution in [0.2, 0.25) is 0 Å². The molecular formula is C33H28N6. The molecule has 6 heteroatoms. The number of benzene rings is 4. The molecule has 7 rings (SSSR count). The Balaban J connectivity index is 1.52. The van der Waals surface area contributed by atoms with Crippen molar-refractivity contribution in [2.75, 3.05) is 10.2 Å². The van der Waals surface area contributed by atoms with E-state index in [4.69, 9.17) is 15.1 Å². The number of aliphatic imine (C=N–C) groups is 2. The van der Waals surface area contributed by atoms with Crippen LogP contribution in [0, 0.1) is 20.8 Å². The number of hydrogen-bond donors (Lipinski definition) is 1. The molecule has 0 fully saturated rings. The molecule has 1 atom stereocenters. The second-order valence-corrected chi connectivity index (χ2v) is 10.1. The molecule has 0 unspecified atom stereocenters. The molecule has 2 aliphatic heterocycles. The number of fused-ring (bicyclic) bond motifs is 4. The molecule has 1 N–H and O–H groups in total. The molecule has 0 saturated carbocycles. The van der Waals surface area contributed by atoms with Crippen LogP contribution in [-0.4, -0.2) is 21.5 Å². The number of hydrogen-bond acceptors (Lipinski definition) is 5. The van der Waals surface area contributed by atoms with Gasteiger partial charge in [-0.15, -0.1) is 0 Å². The highest BCUT2D eigenvalue weighted by molar-refractivity contribution is 6.51. The Bertz CT molecular complexity index is 1760. The molecule has 3 heterocycles. The van der Waals surface area contributed by atoms with Gasteiger partial charge in [-0.25, -0.2) is 14.7 Å². The average molecular weight is 509 g/mol. The minimum Gasteiger partial charge on any atom is -0.337 e. The van der Waals surface area contributed by atoms with Crippen molar-refractivity contribution < 1.29 is 0 Å². The first-order valence-corrected chi connectivity index (χ1v) is 13.2. The van der Waals surface area contributed by atoms with Crippen LogP contribution < -0.4 is 10.2 Å². The summed E-state index contributed by atoms with van der Waals surface area (Å²) < 4.78 is 1.97. The predicted molar refractivity (Wildman–Crippen MR) is 159 cm³/mol. The Kier molecular flexibility index (Phi) is 5.40. The van der Waals surface area contributed by atoms with E-state index in [2.05, 4.69) is 97.7 Å². The highest BCUT2D eigenvalue weighted by atomic mass is 15.4. The standard InChI is InChI=1S/C33H28N6/c1-21-17-19-25(20-18-21)39-32-29(23(3)37-39)30(26-14-8-7-11-22(26)2)38-28-16-10-9-15-27(28)35-31(33(38)36-32)34-24-12-5-4-6-13-24/h4-20,30H,1-3H3,(H,34,35)/t30-/m1/s1.